The summed E-state index contributed by atoms with van der Waals surface area (Å²) in [4.78, 5) is 14.5. The molecular formula is C26H43NO4. The number of ether oxygens (including phenoxy) is 3. The van der Waals surface area contributed by atoms with Crippen LogP contribution in [0.1, 0.15) is 72.3 Å². The maximum atomic E-state index is 12.5. The Morgan fingerprint density at radius 2 is 1.87 bits per heavy atom. The van der Waals surface area contributed by atoms with Crippen LogP contribution in [-0.2, 0) is 16.1 Å². The quantitative estimate of drug-likeness (QED) is 0.449. The maximum Gasteiger partial charge on any atom is 0.219 e. The molecule has 1 aliphatic rings. The Bertz CT molecular complexity index is 703. The second-order valence-corrected chi connectivity index (χ2v) is 9.92. The summed E-state index contributed by atoms with van der Waals surface area (Å²) >= 11 is 0. The van der Waals surface area contributed by atoms with Gasteiger partial charge in [-0.05, 0) is 60.6 Å². The number of rotatable bonds is 11. The normalized spacial score (nSPS) is 21.4. The summed E-state index contributed by atoms with van der Waals surface area (Å²) in [5.74, 6) is 2.72. The molecule has 0 spiro atoms. The fraction of sp³-hybridized carbons (Fsp3) is 0.731. The van der Waals surface area contributed by atoms with Gasteiger partial charge in [0.05, 0.1) is 20.3 Å². The van der Waals surface area contributed by atoms with E-state index in [0.717, 1.165) is 38.0 Å². The number of benzene rings is 1. The van der Waals surface area contributed by atoms with Crippen molar-refractivity contribution in [2.45, 2.75) is 79.4 Å². The Hall–Kier alpha value is -1.75. The molecule has 0 radical (unpaired) electrons. The van der Waals surface area contributed by atoms with Crippen molar-refractivity contribution < 1.29 is 19.0 Å². The molecule has 31 heavy (non-hydrogen) atoms. The smallest absolute Gasteiger partial charge is 0.219 e. The molecule has 1 saturated heterocycles. The standard InChI is InChI=1S/C26H43NO4/c1-19(2)10-11-26(13-15-31-25(17-26)20(3)4)12-14-27(21(5)28)18-22-8-9-23(29-6)24(16-22)30-7/h8-9,16,19-20,25H,10-15,17-18H2,1-7H3/t25-,26+/m0/s1. The van der Waals surface area contributed by atoms with Crippen LogP contribution in [0.15, 0.2) is 18.2 Å². The lowest BCUT2D eigenvalue weighted by atomic mass is 9.69. The summed E-state index contributed by atoms with van der Waals surface area (Å²) in [5, 5.41) is 0. The van der Waals surface area contributed by atoms with Crippen LogP contribution in [0.2, 0.25) is 0 Å². The number of carbonyl (C=O) groups is 1. The van der Waals surface area contributed by atoms with E-state index in [9.17, 15) is 4.79 Å². The summed E-state index contributed by atoms with van der Waals surface area (Å²) in [7, 11) is 3.27. The van der Waals surface area contributed by atoms with Crippen molar-refractivity contribution in [3.63, 3.8) is 0 Å². The summed E-state index contributed by atoms with van der Waals surface area (Å²) in [6.07, 6.45) is 5.96. The lowest BCUT2D eigenvalue weighted by Gasteiger charge is -2.44. The number of carbonyl (C=O) groups excluding carboxylic acids is 1. The van der Waals surface area contributed by atoms with E-state index in [1.165, 1.54) is 12.8 Å². The van der Waals surface area contributed by atoms with E-state index in [2.05, 4.69) is 27.7 Å². The van der Waals surface area contributed by atoms with Crippen LogP contribution in [0.3, 0.4) is 0 Å². The highest BCUT2D eigenvalue weighted by Crippen LogP contribution is 2.43. The van der Waals surface area contributed by atoms with Gasteiger partial charge in [-0.25, -0.2) is 0 Å². The van der Waals surface area contributed by atoms with Crippen LogP contribution >= 0.6 is 0 Å². The number of nitrogens with zero attached hydrogens (tertiary/aromatic N) is 1. The van der Waals surface area contributed by atoms with Gasteiger partial charge in [-0.3, -0.25) is 4.79 Å². The van der Waals surface area contributed by atoms with E-state index in [0.29, 0.717) is 36.0 Å². The number of amides is 1. The van der Waals surface area contributed by atoms with Gasteiger partial charge in [0, 0.05) is 26.6 Å². The van der Waals surface area contributed by atoms with Gasteiger partial charge in [0.2, 0.25) is 5.91 Å². The highest BCUT2D eigenvalue weighted by Gasteiger charge is 2.38. The predicted octanol–water partition coefficient (Wildman–Crippen LogP) is 5.70. The molecule has 176 valence electrons. The summed E-state index contributed by atoms with van der Waals surface area (Å²) in [5.41, 5.74) is 1.30. The molecule has 1 heterocycles. The van der Waals surface area contributed by atoms with Gasteiger partial charge in [-0.15, -0.1) is 0 Å². The molecule has 0 saturated carbocycles. The van der Waals surface area contributed by atoms with E-state index in [1.54, 1.807) is 21.1 Å². The summed E-state index contributed by atoms with van der Waals surface area (Å²) < 4.78 is 16.9. The summed E-state index contributed by atoms with van der Waals surface area (Å²) in [6.45, 7) is 13.0. The number of hydrogen-bond donors (Lipinski definition) is 0. The lowest BCUT2D eigenvalue weighted by Crippen LogP contribution is -2.41. The van der Waals surface area contributed by atoms with Crippen molar-refractivity contribution in [2.75, 3.05) is 27.4 Å². The number of methoxy groups -OCH3 is 2. The third-order valence-electron chi connectivity index (χ3n) is 6.77. The Kier molecular flexibility index (Phi) is 9.67. The number of hydrogen-bond acceptors (Lipinski definition) is 4. The zero-order valence-corrected chi connectivity index (χ0v) is 20.7. The molecule has 0 aliphatic carbocycles. The van der Waals surface area contributed by atoms with Crippen LogP contribution in [0, 0.1) is 17.3 Å². The average molecular weight is 434 g/mol. The third kappa shape index (κ3) is 7.41. The van der Waals surface area contributed by atoms with Crippen LogP contribution < -0.4 is 9.47 Å². The van der Waals surface area contributed by atoms with Crippen molar-refractivity contribution in [1.29, 1.82) is 0 Å². The average Bonchev–Trinajstić information content (AvgIpc) is 2.75. The molecule has 1 aliphatic heterocycles. The van der Waals surface area contributed by atoms with Gasteiger partial charge in [0.1, 0.15) is 0 Å². The molecule has 1 aromatic rings. The van der Waals surface area contributed by atoms with Crippen molar-refractivity contribution in [3.8, 4) is 11.5 Å². The molecular weight excluding hydrogens is 390 g/mol. The van der Waals surface area contributed by atoms with Gasteiger partial charge >= 0.3 is 0 Å². The first-order valence-corrected chi connectivity index (χ1v) is 11.8. The third-order valence-corrected chi connectivity index (χ3v) is 6.77. The fourth-order valence-electron chi connectivity index (χ4n) is 4.54. The largest absolute Gasteiger partial charge is 0.493 e. The molecule has 0 bridgehead atoms. The second kappa shape index (κ2) is 11.8. The highest BCUT2D eigenvalue weighted by atomic mass is 16.5. The van der Waals surface area contributed by atoms with Gasteiger partial charge in [-0.2, -0.15) is 0 Å². The SMILES string of the molecule is COc1ccc(CN(CC[C@]2(CCC(C)C)CCO[C@H](C(C)C)C2)C(C)=O)cc1OC. The molecule has 1 fully saturated rings. The topological polar surface area (TPSA) is 48.0 Å². The molecule has 0 N–H and O–H groups in total. The van der Waals surface area contributed by atoms with Gasteiger partial charge in [0.15, 0.2) is 11.5 Å². The van der Waals surface area contributed by atoms with Gasteiger partial charge in [0.25, 0.3) is 0 Å². The molecule has 1 aromatic carbocycles. The lowest BCUT2D eigenvalue weighted by molar-refractivity contribution is -0.130. The molecule has 0 unspecified atom stereocenters. The predicted molar refractivity (Wildman–Crippen MR) is 126 cm³/mol. The van der Waals surface area contributed by atoms with Crippen LogP contribution in [0.4, 0.5) is 0 Å². The Morgan fingerprint density at radius 1 is 1.16 bits per heavy atom. The van der Waals surface area contributed by atoms with Crippen LogP contribution in [-0.4, -0.2) is 44.3 Å². The van der Waals surface area contributed by atoms with E-state index in [4.69, 9.17) is 14.2 Å². The highest BCUT2D eigenvalue weighted by molar-refractivity contribution is 5.73. The van der Waals surface area contributed by atoms with Crippen molar-refractivity contribution in [3.05, 3.63) is 23.8 Å². The molecule has 5 heteroatoms. The first-order valence-electron chi connectivity index (χ1n) is 11.8. The minimum Gasteiger partial charge on any atom is -0.493 e. The van der Waals surface area contributed by atoms with Crippen LogP contribution in [0.25, 0.3) is 0 Å². The first kappa shape index (κ1) is 25.5. The molecule has 2 atom stereocenters. The Labute approximate surface area is 189 Å². The summed E-state index contributed by atoms with van der Waals surface area (Å²) in [6, 6.07) is 5.88. The monoisotopic (exact) mass is 433 g/mol. The second-order valence-electron chi connectivity index (χ2n) is 9.92. The molecule has 2 rings (SSSR count). The minimum atomic E-state index is 0.112. The fourth-order valence-corrected chi connectivity index (χ4v) is 4.54. The molecule has 1 amide bonds. The molecule has 0 aromatic heterocycles. The van der Waals surface area contributed by atoms with E-state index in [1.807, 2.05) is 23.1 Å². The van der Waals surface area contributed by atoms with Gasteiger partial charge in [-0.1, -0.05) is 40.2 Å². The van der Waals surface area contributed by atoms with Crippen molar-refractivity contribution >= 4 is 5.91 Å². The van der Waals surface area contributed by atoms with E-state index < -0.39 is 0 Å². The Morgan fingerprint density at radius 3 is 2.45 bits per heavy atom. The van der Waals surface area contributed by atoms with Crippen molar-refractivity contribution in [1.82, 2.24) is 4.90 Å². The van der Waals surface area contributed by atoms with E-state index in [-0.39, 0.29) is 11.3 Å². The minimum absolute atomic E-state index is 0.112. The van der Waals surface area contributed by atoms with Crippen molar-refractivity contribution in [2.24, 2.45) is 17.3 Å². The zero-order chi connectivity index (χ0) is 23.0. The zero-order valence-electron chi connectivity index (χ0n) is 20.7. The molecule has 5 nitrogen and oxygen atoms in total. The van der Waals surface area contributed by atoms with Gasteiger partial charge < -0.3 is 19.1 Å². The maximum absolute atomic E-state index is 12.5. The van der Waals surface area contributed by atoms with E-state index >= 15 is 0 Å². The first-order chi connectivity index (χ1) is 14.7. The Balaban J connectivity index is 2.13. The van der Waals surface area contributed by atoms with Crippen LogP contribution in [0.5, 0.6) is 11.5 Å².